The second-order valence-electron chi connectivity index (χ2n) is 7.64. The van der Waals surface area contributed by atoms with Crippen molar-refractivity contribution in [1.82, 2.24) is 20.2 Å². The quantitative estimate of drug-likeness (QED) is 0.548. The highest BCUT2D eigenvalue weighted by Crippen LogP contribution is 2.33. The number of benzene rings is 2. The van der Waals surface area contributed by atoms with Gasteiger partial charge in [0.15, 0.2) is 5.82 Å². The Kier molecular flexibility index (Phi) is 6.68. The molecule has 2 aromatic carbocycles. The summed E-state index contributed by atoms with van der Waals surface area (Å²) in [5, 5.41) is 16.4. The maximum Gasteiger partial charge on any atom is 0.178 e. The third-order valence-corrected chi connectivity index (χ3v) is 5.63. The van der Waals surface area contributed by atoms with Crippen LogP contribution in [0.15, 0.2) is 48.5 Å². The fourth-order valence-corrected chi connectivity index (χ4v) is 4.01. The summed E-state index contributed by atoms with van der Waals surface area (Å²) < 4.78 is 12.8. The molecular weight excluding hydrogens is 390 g/mol. The Balaban J connectivity index is 1.66. The zero-order chi connectivity index (χ0) is 21.5. The monoisotopic (exact) mass is 417 g/mol. The first-order valence-corrected chi connectivity index (χ1v) is 10.6. The Bertz CT molecular complexity index is 1000. The molecule has 3 aromatic rings. The number of tetrazole rings is 1. The van der Waals surface area contributed by atoms with Crippen molar-refractivity contribution in [3.63, 3.8) is 0 Å². The summed E-state index contributed by atoms with van der Waals surface area (Å²) in [6.07, 6.45) is 11.2. The maximum atomic E-state index is 5.53. The predicted molar refractivity (Wildman–Crippen MR) is 119 cm³/mol. The summed E-state index contributed by atoms with van der Waals surface area (Å²) in [5.74, 6) is 4.84. The third-order valence-electron chi connectivity index (χ3n) is 5.63. The van der Waals surface area contributed by atoms with Gasteiger partial charge in [0.2, 0.25) is 0 Å². The van der Waals surface area contributed by atoms with Crippen LogP contribution in [-0.4, -0.2) is 33.9 Å². The summed E-state index contributed by atoms with van der Waals surface area (Å²) in [6.45, 7) is 0.243. The van der Waals surface area contributed by atoms with Crippen LogP contribution in [-0.2, 0) is 0 Å². The molecule has 1 fully saturated rings. The van der Waals surface area contributed by atoms with Gasteiger partial charge >= 0.3 is 0 Å². The molecule has 160 valence electrons. The smallest absolute Gasteiger partial charge is 0.178 e. The van der Waals surface area contributed by atoms with Crippen LogP contribution in [0.3, 0.4) is 0 Å². The van der Waals surface area contributed by atoms with Gasteiger partial charge in [0.25, 0.3) is 0 Å². The molecule has 0 amide bonds. The highest BCUT2D eigenvalue weighted by atomic mass is 16.5. The van der Waals surface area contributed by atoms with Crippen LogP contribution in [0.5, 0.6) is 11.5 Å². The van der Waals surface area contributed by atoms with E-state index in [-0.39, 0.29) is 12.6 Å². The van der Waals surface area contributed by atoms with Crippen LogP contribution in [0, 0.1) is 12.3 Å². The number of anilines is 1. The molecule has 0 radical (unpaired) electrons. The van der Waals surface area contributed by atoms with Crippen molar-refractivity contribution in [2.75, 3.05) is 19.0 Å². The van der Waals surface area contributed by atoms with Gasteiger partial charge in [0, 0.05) is 5.69 Å². The van der Waals surface area contributed by atoms with E-state index in [2.05, 4.69) is 26.8 Å². The number of hydrogen-bond donors (Lipinski definition) is 1. The standard InChI is InChI=1S/C24H27N5O2/c1-3-17-31-22-13-9-18(10-14-22)23(25-19-11-15-21(30-2)16-12-19)24-26-27-28-29(24)20-7-5-4-6-8-20/h1,9-16,20,23,25H,4-8,17H2,2H3. The summed E-state index contributed by atoms with van der Waals surface area (Å²) in [5.41, 5.74) is 1.99. The second-order valence-corrected chi connectivity index (χ2v) is 7.64. The number of terminal acetylenes is 1. The largest absolute Gasteiger partial charge is 0.497 e. The molecule has 1 aromatic heterocycles. The summed E-state index contributed by atoms with van der Waals surface area (Å²) in [6, 6.07) is 15.8. The van der Waals surface area contributed by atoms with E-state index in [4.69, 9.17) is 15.9 Å². The summed E-state index contributed by atoms with van der Waals surface area (Å²) in [4.78, 5) is 0. The van der Waals surface area contributed by atoms with Crippen molar-refractivity contribution in [3.05, 3.63) is 59.9 Å². The Hall–Kier alpha value is -3.53. The average molecular weight is 418 g/mol. The SMILES string of the molecule is C#CCOc1ccc(C(Nc2ccc(OC)cc2)c2nnnn2C2CCCCC2)cc1. The molecule has 4 rings (SSSR count). The molecule has 1 saturated carbocycles. The van der Waals surface area contributed by atoms with Crippen LogP contribution >= 0.6 is 0 Å². The van der Waals surface area contributed by atoms with E-state index in [9.17, 15) is 0 Å². The zero-order valence-corrected chi connectivity index (χ0v) is 17.7. The summed E-state index contributed by atoms with van der Waals surface area (Å²) >= 11 is 0. The van der Waals surface area contributed by atoms with Crippen molar-refractivity contribution in [2.45, 2.75) is 44.2 Å². The number of hydrogen-bond acceptors (Lipinski definition) is 6. The van der Waals surface area contributed by atoms with Gasteiger partial charge in [-0.1, -0.05) is 37.3 Å². The van der Waals surface area contributed by atoms with Gasteiger partial charge in [-0.25, -0.2) is 4.68 Å². The van der Waals surface area contributed by atoms with Crippen LogP contribution in [0.25, 0.3) is 0 Å². The van der Waals surface area contributed by atoms with Crippen molar-refractivity contribution in [3.8, 4) is 23.8 Å². The lowest BCUT2D eigenvalue weighted by atomic mass is 9.95. The molecule has 0 saturated heterocycles. The minimum absolute atomic E-state index is 0.216. The number of ether oxygens (including phenoxy) is 2. The van der Waals surface area contributed by atoms with E-state index in [1.807, 2.05) is 53.2 Å². The fourth-order valence-electron chi connectivity index (χ4n) is 4.01. The highest BCUT2D eigenvalue weighted by molar-refractivity contribution is 5.50. The number of methoxy groups -OCH3 is 1. The zero-order valence-electron chi connectivity index (χ0n) is 17.7. The molecule has 0 spiro atoms. The molecule has 1 aliphatic rings. The Labute approximate surface area is 182 Å². The first-order valence-electron chi connectivity index (χ1n) is 10.6. The van der Waals surface area contributed by atoms with Gasteiger partial charge in [-0.2, -0.15) is 0 Å². The number of nitrogens with one attached hydrogen (secondary N) is 1. The lowest BCUT2D eigenvalue weighted by Crippen LogP contribution is -2.23. The van der Waals surface area contributed by atoms with Gasteiger partial charge < -0.3 is 14.8 Å². The van der Waals surface area contributed by atoms with Crippen LogP contribution in [0.1, 0.15) is 55.6 Å². The number of aromatic nitrogens is 4. The van der Waals surface area contributed by atoms with E-state index in [1.54, 1.807) is 7.11 Å². The molecule has 7 nitrogen and oxygen atoms in total. The van der Waals surface area contributed by atoms with E-state index >= 15 is 0 Å². The van der Waals surface area contributed by atoms with Crippen LogP contribution in [0.4, 0.5) is 5.69 Å². The van der Waals surface area contributed by atoms with Crippen LogP contribution in [0.2, 0.25) is 0 Å². The number of rotatable bonds is 8. The molecule has 7 heteroatoms. The lowest BCUT2D eigenvalue weighted by molar-refractivity contribution is 0.315. The third kappa shape index (κ3) is 4.97. The van der Waals surface area contributed by atoms with Crippen LogP contribution < -0.4 is 14.8 Å². The minimum atomic E-state index is -0.216. The predicted octanol–water partition coefficient (Wildman–Crippen LogP) is 4.40. The molecule has 1 unspecified atom stereocenters. The molecule has 1 N–H and O–H groups in total. The minimum Gasteiger partial charge on any atom is -0.497 e. The summed E-state index contributed by atoms with van der Waals surface area (Å²) in [7, 11) is 1.66. The van der Waals surface area contributed by atoms with Gasteiger partial charge in [-0.3, -0.25) is 0 Å². The van der Waals surface area contributed by atoms with E-state index in [0.29, 0.717) is 6.04 Å². The fraction of sp³-hybridized carbons (Fsp3) is 0.375. The van der Waals surface area contributed by atoms with Gasteiger partial charge in [-0.05, 0) is 65.2 Å². The molecule has 1 aliphatic carbocycles. The first-order chi connectivity index (χ1) is 15.3. The molecule has 0 aliphatic heterocycles. The molecule has 0 bridgehead atoms. The first kappa shape index (κ1) is 20.7. The van der Waals surface area contributed by atoms with Gasteiger partial charge in [-0.15, -0.1) is 11.5 Å². The Morgan fingerprint density at radius 2 is 1.77 bits per heavy atom. The highest BCUT2D eigenvalue weighted by Gasteiger charge is 2.26. The van der Waals surface area contributed by atoms with Crippen molar-refractivity contribution in [2.24, 2.45) is 0 Å². The molecule has 1 atom stereocenters. The van der Waals surface area contributed by atoms with E-state index in [0.717, 1.165) is 41.4 Å². The topological polar surface area (TPSA) is 74.1 Å². The normalized spacial score (nSPS) is 15.1. The molecule has 1 heterocycles. The molecule has 31 heavy (non-hydrogen) atoms. The van der Waals surface area contributed by atoms with Crippen molar-refractivity contribution in [1.29, 1.82) is 0 Å². The molecular formula is C24H27N5O2. The van der Waals surface area contributed by atoms with Gasteiger partial charge in [0.1, 0.15) is 24.1 Å². The van der Waals surface area contributed by atoms with E-state index in [1.165, 1.54) is 19.3 Å². The Morgan fingerprint density at radius 1 is 1.06 bits per heavy atom. The van der Waals surface area contributed by atoms with Crippen molar-refractivity contribution < 1.29 is 9.47 Å². The Morgan fingerprint density at radius 3 is 2.45 bits per heavy atom. The number of nitrogens with zero attached hydrogens (tertiary/aromatic N) is 4. The van der Waals surface area contributed by atoms with E-state index < -0.39 is 0 Å². The second kappa shape index (κ2) is 9.98. The maximum absolute atomic E-state index is 5.53. The average Bonchev–Trinajstić information content (AvgIpc) is 3.32. The van der Waals surface area contributed by atoms with Gasteiger partial charge in [0.05, 0.1) is 13.2 Å². The van der Waals surface area contributed by atoms with Crippen molar-refractivity contribution >= 4 is 5.69 Å². The lowest BCUT2D eigenvalue weighted by Gasteiger charge is -2.26.